The molecule has 0 heterocycles. The van der Waals surface area contributed by atoms with Crippen LogP contribution in [0.1, 0.15) is 26.7 Å². The molecular weight excluding hydrogens is 140 g/mol. The van der Waals surface area contributed by atoms with Crippen LogP contribution in [0, 0.1) is 17.3 Å². The zero-order chi connectivity index (χ0) is 8.48. The summed E-state index contributed by atoms with van der Waals surface area (Å²) >= 11 is 0. The molecule has 0 saturated heterocycles. The monoisotopic (exact) mass is 158 g/mol. The second-order valence-corrected chi connectivity index (χ2v) is 4.46. The van der Waals surface area contributed by atoms with Crippen molar-refractivity contribution >= 4 is 0 Å². The van der Waals surface area contributed by atoms with Gasteiger partial charge >= 0.3 is 0 Å². The van der Waals surface area contributed by atoms with Gasteiger partial charge in [-0.3, -0.25) is 0 Å². The third kappa shape index (κ3) is 1.94. The van der Waals surface area contributed by atoms with Crippen LogP contribution >= 0.6 is 0 Å². The molecule has 1 saturated carbocycles. The van der Waals surface area contributed by atoms with Crippen LogP contribution in [0.2, 0.25) is 0 Å². The number of hydrogen-bond acceptors (Lipinski definition) is 2. The lowest BCUT2D eigenvalue weighted by Crippen LogP contribution is -2.39. The van der Waals surface area contributed by atoms with Gasteiger partial charge in [0.05, 0.1) is 0 Å². The molecule has 0 aromatic heterocycles. The van der Waals surface area contributed by atoms with Crippen molar-refractivity contribution in [1.82, 2.24) is 0 Å². The van der Waals surface area contributed by atoms with E-state index in [1.165, 1.54) is 0 Å². The average Bonchev–Trinajstić information content (AvgIpc) is 1.86. The van der Waals surface area contributed by atoms with E-state index in [0.29, 0.717) is 11.3 Å². The standard InChI is InChI=1S/C9H18O2/c1-9(2)3-7(4-9)8(5-10)6-11/h7-8,10-11H,3-6H2,1-2H3. The van der Waals surface area contributed by atoms with Crippen molar-refractivity contribution in [2.45, 2.75) is 26.7 Å². The highest BCUT2D eigenvalue weighted by atomic mass is 16.3. The maximum absolute atomic E-state index is 8.87. The Labute approximate surface area is 68.2 Å². The third-order valence-electron chi connectivity index (χ3n) is 2.77. The highest BCUT2D eigenvalue weighted by Crippen LogP contribution is 2.47. The average molecular weight is 158 g/mol. The van der Waals surface area contributed by atoms with Gasteiger partial charge in [0.15, 0.2) is 0 Å². The minimum absolute atomic E-state index is 0.128. The Morgan fingerprint density at radius 1 is 1.27 bits per heavy atom. The molecule has 0 aromatic rings. The first-order chi connectivity index (χ1) is 5.09. The fourth-order valence-corrected chi connectivity index (χ4v) is 2.05. The van der Waals surface area contributed by atoms with Crippen molar-refractivity contribution < 1.29 is 10.2 Å². The van der Waals surface area contributed by atoms with Crippen LogP contribution in [-0.4, -0.2) is 23.4 Å². The summed E-state index contributed by atoms with van der Waals surface area (Å²) in [5.74, 6) is 0.683. The Bertz CT molecular complexity index is 120. The van der Waals surface area contributed by atoms with Gasteiger partial charge in [-0.25, -0.2) is 0 Å². The summed E-state index contributed by atoms with van der Waals surface area (Å²) in [6, 6.07) is 0. The molecule has 0 radical (unpaired) electrons. The maximum atomic E-state index is 8.87. The summed E-state index contributed by atoms with van der Waals surface area (Å²) in [5.41, 5.74) is 0.452. The smallest absolute Gasteiger partial charge is 0.0483 e. The molecule has 0 atom stereocenters. The van der Waals surface area contributed by atoms with E-state index < -0.39 is 0 Å². The molecule has 1 rings (SSSR count). The Morgan fingerprint density at radius 2 is 1.73 bits per heavy atom. The quantitative estimate of drug-likeness (QED) is 0.644. The predicted molar refractivity (Wildman–Crippen MR) is 44.2 cm³/mol. The minimum atomic E-state index is 0.128. The predicted octanol–water partition coefficient (Wildman–Crippen LogP) is 1.02. The lowest BCUT2D eigenvalue weighted by Gasteiger charge is -2.45. The van der Waals surface area contributed by atoms with Crippen molar-refractivity contribution in [2.24, 2.45) is 17.3 Å². The lowest BCUT2D eigenvalue weighted by atomic mass is 9.60. The third-order valence-corrected chi connectivity index (χ3v) is 2.77. The SMILES string of the molecule is CC1(C)CC(C(CO)CO)C1. The van der Waals surface area contributed by atoms with Gasteiger partial charge in [-0.1, -0.05) is 13.8 Å². The van der Waals surface area contributed by atoms with Crippen LogP contribution < -0.4 is 0 Å². The molecule has 11 heavy (non-hydrogen) atoms. The van der Waals surface area contributed by atoms with Gasteiger partial charge in [-0.15, -0.1) is 0 Å². The fraction of sp³-hybridized carbons (Fsp3) is 1.00. The molecule has 2 heteroatoms. The molecule has 1 fully saturated rings. The van der Waals surface area contributed by atoms with Crippen molar-refractivity contribution in [3.8, 4) is 0 Å². The summed E-state index contributed by atoms with van der Waals surface area (Å²) in [4.78, 5) is 0. The van der Waals surface area contributed by atoms with E-state index in [1.807, 2.05) is 0 Å². The zero-order valence-corrected chi connectivity index (χ0v) is 7.38. The fourth-order valence-electron chi connectivity index (χ4n) is 2.05. The molecule has 1 aliphatic carbocycles. The molecular formula is C9H18O2. The van der Waals surface area contributed by atoms with E-state index in [4.69, 9.17) is 10.2 Å². The van der Waals surface area contributed by atoms with E-state index in [0.717, 1.165) is 12.8 Å². The Morgan fingerprint density at radius 3 is 2.00 bits per heavy atom. The molecule has 2 nitrogen and oxygen atoms in total. The number of rotatable bonds is 3. The number of aliphatic hydroxyl groups excluding tert-OH is 2. The summed E-state index contributed by atoms with van der Waals surface area (Å²) < 4.78 is 0. The van der Waals surface area contributed by atoms with Gasteiger partial charge in [0.2, 0.25) is 0 Å². The second-order valence-electron chi connectivity index (χ2n) is 4.46. The Kier molecular flexibility index (Phi) is 2.55. The molecule has 0 bridgehead atoms. The first-order valence-electron chi connectivity index (χ1n) is 4.31. The molecule has 0 aliphatic heterocycles. The second kappa shape index (κ2) is 3.11. The van der Waals surface area contributed by atoms with Gasteiger partial charge in [0, 0.05) is 19.1 Å². The lowest BCUT2D eigenvalue weighted by molar-refractivity contribution is -0.000623. The normalized spacial score (nSPS) is 23.7. The van der Waals surface area contributed by atoms with Crippen LogP contribution in [0.5, 0.6) is 0 Å². The largest absolute Gasteiger partial charge is 0.396 e. The van der Waals surface area contributed by atoms with Gasteiger partial charge in [0.25, 0.3) is 0 Å². The summed E-state index contributed by atoms with van der Waals surface area (Å²) in [7, 11) is 0. The molecule has 0 aromatic carbocycles. The molecule has 1 aliphatic rings. The molecule has 66 valence electrons. The van der Waals surface area contributed by atoms with Crippen molar-refractivity contribution in [3.63, 3.8) is 0 Å². The van der Waals surface area contributed by atoms with Crippen LogP contribution in [-0.2, 0) is 0 Å². The highest BCUT2D eigenvalue weighted by Gasteiger charge is 2.39. The molecule has 0 amide bonds. The Hall–Kier alpha value is -0.0800. The first kappa shape index (κ1) is 9.01. The number of aliphatic hydroxyl groups is 2. The first-order valence-corrected chi connectivity index (χ1v) is 4.31. The van der Waals surface area contributed by atoms with Crippen LogP contribution in [0.4, 0.5) is 0 Å². The Balaban J connectivity index is 2.30. The highest BCUT2D eigenvalue weighted by molar-refractivity contribution is 4.89. The van der Waals surface area contributed by atoms with Gasteiger partial charge < -0.3 is 10.2 Å². The van der Waals surface area contributed by atoms with Gasteiger partial charge in [-0.2, -0.15) is 0 Å². The van der Waals surface area contributed by atoms with Crippen LogP contribution in [0.15, 0.2) is 0 Å². The van der Waals surface area contributed by atoms with Crippen LogP contribution in [0.25, 0.3) is 0 Å². The minimum Gasteiger partial charge on any atom is -0.396 e. The molecule has 0 spiro atoms. The van der Waals surface area contributed by atoms with E-state index >= 15 is 0 Å². The maximum Gasteiger partial charge on any atom is 0.0483 e. The van der Waals surface area contributed by atoms with Crippen molar-refractivity contribution in [1.29, 1.82) is 0 Å². The van der Waals surface area contributed by atoms with E-state index in [9.17, 15) is 0 Å². The van der Waals surface area contributed by atoms with Crippen molar-refractivity contribution in [3.05, 3.63) is 0 Å². The van der Waals surface area contributed by atoms with E-state index in [1.54, 1.807) is 0 Å². The summed E-state index contributed by atoms with van der Waals surface area (Å²) in [6.07, 6.45) is 2.30. The van der Waals surface area contributed by atoms with E-state index in [2.05, 4.69) is 13.8 Å². The topological polar surface area (TPSA) is 40.5 Å². The van der Waals surface area contributed by atoms with E-state index in [-0.39, 0.29) is 19.1 Å². The summed E-state index contributed by atoms with van der Waals surface area (Å²) in [6.45, 7) is 4.74. The van der Waals surface area contributed by atoms with Gasteiger partial charge in [0.1, 0.15) is 0 Å². The number of hydrogen-bond donors (Lipinski definition) is 2. The summed E-state index contributed by atoms with van der Waals surface area (Å²) in [5, 5.41) is 17.7. The molecule has 0 unspecified atom stereocenters. The zero-order valence-electron chi connectivity index (χ0n) is 7.38. The van der Waals surface area contributed by atoms with Gasteiger partial charge in [-0.05, 0) is 24.2 Å². The molecule has 2 N–H and O–H groups in total. The van der Waals surface area contributed by atoms with Crippen LogP contribution in [0.3, 0.4) is 0 Å². The van der Waals surface area contributed by atoms with Crippen molar-refractivity contribution in [2.75, 3.05) is 13.2 Å².